The van der Waals surface area contributed by atoms with Crippen LogP contribution in [0.1, 0.15) is 71.6 Å². The molecule has 368 valence electrons. The maximum Gasteiger partial charge on any atom is 0.239 e. The number of hydrogen-bond donors (Lipinski definition) is 1. The number of aromatic nitrogens is 1. The van der Waals surface area contributed by atoms with Crippen molar-refractivity contribution in [1.82, 2.24) is 14.8 Å². The van der Waals surface area contributed by atoms with Crippen LogP contribution in [-0.2, 0) is 32.0 Å². The molecule has 0 bridgehead atoms. The summed E-state index contributed by atoms with van der Waals surface area (Å²) in [5.41, 5.74) is 11.3. The van der Waals surface area contributed by atoms with Gasteiger partial charge in [0.25, 0.3) is 0 Å². The van der Waals surface area contributed by atoms with E-state index in [2.05, 4.69) is 247 Å². The fourth-order valence-corrected chi connectivity index (χ4v) is 13.4. The first-order chi connectivity index (χ1) is 36.0. The van der Waals surface area contributed by atoms with Gasteiger partial charge in [-0.15, -0.1) is 23.5 Å². The van der Waals surface area contributed by atoms with Gasteiger partial charge < -0.3 is 14.8 Å². The quantitative estimate of drug-likeness (QED) is 0.0484. The summed E-state index contributed by atoms with van der Waals surface area (Å²) in [5, 5.41) is 4.36. The van der Waals surface area contributed by atoms with Crippen LogP contribution < -0.4 is 5.32 Å². The zero-order valence-corrected chi connectivity index (χ0v) is 43.5. The maximum absolute atomic E-state index is 15.4. The Hall–Kier alpha value is -7.06. The lowest BCUT2D eigenvalue weighted by atomic mass is 9.84. The fraction of sp³-hybridized carbons (Fsp3) is 0.212. The molecular weight excluding hydrogens is 931 g/mol. The average molecular weight is 996 g/mol. The number of nitrogens with one attached hydrogen (secondary N) is 1. The van der Waals surface area contributed by atoms with Crippen molar-refractivity contribution in [1.29, 1.82) is 0 Å². The second-order valence-corrected chi connectivity index (χ2v) is 21.1. The molecule has 73 heavy (non-hydrogen) atoms. The van der Waals surface area contributed by atoms with Crippen LogP contribution in [-0.4, -0.2) is 52.4 Å². The summed E-state index contributed by atoms with van der Waals surface area (Å²) >= 11 is 3.63. The molecular formula is C66H65N3O2S2. The molecule has 0 unspecified atom stereocenters. The third-order valence-corrected chi connectivity index (χ3v) is 17.0. The second kappa shape index (κ2) is 25.1. The average Bonchev–Trinajstić information content (AvgIpc) is 3.76. The van der Waals surface area contributed by atoms with Crippen LogP contribution in [0.5, 0.6) is 0 Å². The van der Waals surface area contributed by atoms with Gasteiger partial charge in [0.15, 0.2) is 0 Å². The summed E-state index contributed by atoms with van der Waals surface area (Å²) in [5.74, 6) is 0.967. The van der Waals surface area contributed by atoms with E-state index >= 15 is 4.79 Å². The first-order valence-electron chi connectivity index (χ1n) is 25.8. The molecule has 0 aliphatic carbocycles. The van der Waals surface area contributed by atoms with Crippen molar-refractivity contribution in [2.45, 2.75) is 55.1 Å². The van der Waals surface area contributed by atoms with Crippen LogP contribution in [0.4, 0.5) is 0 Å². The number of nitrogens with zero attached hydrogens (tertiary/aromatic N) is 2. The summed E-state index contributed by atoms with van der Waals surface area (Å²) in [6, 6.07) is 82.9. The highest BCUT2D eigenvalue weighted by Crippen LogP contribution is 2.50. The van der Waals surface area contributed by atoms with Gasteiger partial charge in [-0.1, -0.05) is 257 Å². The molecule has 0 saturated heterocycles. The molecule has 7 heteroatoms. The van der Waals surface area contributed by atoms with Crippen molar-refractivity contribution >= 4 is 46.2 Å². The summed E-state index contributed by atoms with van der Waals surface area (Å²) in [7, 11) is 0. The SMILES string of the molecule is CCCCCCn1c(-c2ccccc2)c(CC(=O)N(CCSC(c2ccccc2)(c2ccccc2)c2ccccc2)CC(=O)NCCSC(c2ccccc2)(c2ccccc2)c2ccccc2)c2ccccc21. The molecule has 0 aliphatic rings. The van der Waals surface area contributed by atoms with E-state index in [-0.39, 0.29) is 24.8 Å². The number of carbonyl (C=O) groups excluding carboxylic acids is 2. The van der Waals surface area contributed by atoms with Crippen molar-refractivity contribution in [2.24, 2.45) is 0 Å². The zero-order valence-electron chi connectivity index (χ0n) is 41.8. The van der Waals surface area contributed by atoms with E-state index in [0.29, 0.717) is 24.6 Å². The van der Waals surface area contributed by atoms with Crippen LogP contribution in [0.3, 0.4) is 0 Å². The standard InChI is InChI=1S/C66H65N3O2S2/c1-2-3-4-28-46-69-61-44-27-26-43-59(61)60(64(69)52-29-12-5-13-30-52)50-63(71)68(47-49-73-66(56-37-20-9-21-38-56,57-39-22-10-23-40-57)58-41-24-11-25-42-58)51-62(70)67-45-48-72-65(53-31-14-6-15-32-53,54-33-16-7-17-34-54)55-35-18-8-19-36-55/h5-27,29-44H,2-4,28,45-51H2,1H3,(H,67,70). The van der Waals surface area contributed by atoms with Crippen LogP contribution in [0, 0.1) is 0 Å². The molecule has 1 N–H and O–H groups in total. The monoisotopic (exact) mass is 995 g/mol. The molecule has 9 rings (SSSR count). The molecule has 0 saturated carbocycles. The minimum absolute atomic E-state index is 0.0589. The molecule has 5 nitrogen and oxygen atoms in total. The van der Waals surface area contributed by atoms with E-state index in [1.54, 1.807) is 0 Å². The van der Waals surface area contributed by atoms with Gasteiger partial charge in [-0.3, -0.25) is 9.59 Å². The van der Waals surface area contributed by atoms with Crippen LogP contribution in [0.2, 0.25) is 0 Å². The van der Waals surface area contributed by atoms with Crippen LogP contribution in [0.15, 0.2) is 237 Å². The van der Waals surface area contributed by atoms with E-state index < -0.39 is 9.49 Å². The van der Waals surface area contributed by atoms with Crippen molar-refractivity contribution in [3.63, 3.8) is 0 Å². The van der Waals surface area contributed by atoms with E-state index in [0.717, 1.165) is 70.2 Å². The van der Waals surface area contributed by atoms with E-state index in [1.807, 2.05) is 34.5 Å². The number of rotatable bonds is 24. The van der Waals surface area contributed by atoms with Crippen LogP contribution >= 0.6 is 23.5 Å². The molecule has 0 spiro atoms. The van der Waals surface area contributed by atoms with Crippen molar-refractivity contribution in [3.05, 3.63) is 276 Å². The van der Waals surface area contributed by atoms with E-state index in [9.17, 15) is 4.79 Å². The number of benzene rings is 8. The predicted molar refractivity (Wildman–Crippen MR) is 308 cm³/mol. The van der Waals surface area contributed by atoms with Gasteiger partial charge in [-0.05, 0) is 57.0 Å². The number of unbranched alkanes of at least 4 members (excludes halogenated alkanes) is 3. The van der Waals surface area contributed by atoms with Crippen LogP contribution in [0.25, 0.3) is 22.2 Å². The lowest BCUT2D eigenvalue weighted by Gasteiger charge is -2.36. The Balaban J connectivity index is 1.03. The van der Waals surface area contributed by atoms with Gasteiger partial charge in [0.2, 0.25) is 11.8 Å². The Morgan fingerprint density at radius 1 is 0.493 bits per heavy atom. The Labute approximate surface area is 441 Å². The lowest BCUT2D eigenvalue weighted by Crippen LogP contribution is -2.43. The van der Waals surface area contributed by atoms with Gasteiger partial charge in [-0.25, -0.2) is 0 Å². The topological polar surface area (TPSA) is 54.3 Å². The molecule has 1 heterocycles. The highest BCUT2D eigenvalue weighted by molar-refractivity contribution is 8.00. The van der Waals surface area contributed by atoms with Crippen molar-refractivity contribution in [2.75, 3.05) is 31.1 Å². The summed E-state index contributed by atoms with van der Waals surface area (Å²) in [4.78, 5) is 31.7. The molecule has 9 aromatic rings. The Morgan fingerprint density at radius 3 is 1.36 bits per heavy atom. The smallest absolute Gasteiger partial charge is 0.239 e. The third-order valence-electron chi connectivity index (χ3n) is 13.9. The van der Waals surface area contributed by atoms with Gasteiger partial charge >= 0.3 is 0 Å². The molecule has 8 aromatic carbocycles. The molecule has 0 atom stereocenters. The summed E-state index contributed by atoms with van der Waals surface area (Å²) in [6.07, 6.45) is 4.71. The number of amides is 2. The Bertz CT molecular complexity index is 2920. The molecule has 2 amide bonds. The number of fused-ring (bicyclic) bond motifs is 1. The molecule has 1 aromatic heterocycles. The summed E-state index contributed by atoms with van der Waals surface area (Å²) < 4.78 is 1.34. The van der Waals surface area contributed by atoms with Crippen molar-refractivity contribution in [3.8, 4) is 11.3 Å². The number of aryl methyl sites for hydroxylation is 1. The van der Waals surface area contributed by atoms with Crippen molar-refractivity contribution < 1.29 is 9.59 Å². The Morgan fingerprint density at radius 2 is 0.904 bits per heavy atom. The van der Waals surface area contributed by atoms with Gasteiger partial charge in [0.05, 0.1) is 28.2 Å². The predicted octanol–water partition coefficient (Wildman–Crippen LogP) is 14.8. The zero-order chi connectivity index (χ0) is 50.1. The number of para-hydroxylation sites is 1. The van der Waals surface area contributed by atoms with Gasteiger partial charge in [-0.2, -0.15) is 0 Å². The largest absolute Gasteiger partial charge is 0.354 e. The number of hydrogen-bond acceptors (Lipinski definition) is 4. The first-order valence-corrected chi connectivity index (χ1v) is 27.8. The Kier molecular flexibility index (Phi) is 17.5. The molecule has 0 fully saturated rings. The number of carbonyl (C=O) groups is 2. The third kappa shape index (κ3) is 11.6. The second-order valence-electron chi connectivity index (χ2n) is 18.5. The first kappa shape index (κ1) is 50.9. The highest BCUT2D eigenvalue weighted by Gasteiger charge is 2.38. The minimum atomic E-state index is -0.577. The van der Waals surface area contributed by atoms with E-state index in [1.165, 1.54) is 23.1 Å². The minimum Gasteiger partial charge on any atom is -0.354 e. The van der Waals surface area contributed by atoms with Gasteiger partial charge in [0, 0.05) is 42.0 Å². The number of thioether (sulfide) groups is 2. The normalized spacial score (nSPS) is 11.6. The lowest BCUT2D eigenvalue weighted by molar-refractivity contribution is -0.135. The van der Waals surface area contributed by atoms with Gasteiger partial charge in [0.1, 0.15) is 0 Å². The van der Waals surface area contributed by atoms with E-state index in [4.69, 9.17) is 0 Å². The fourth-order valence-electron chi connectivity index (χ4n) is 10.4. The maximum atomic E-state index is 15.4. The summed E-state index contributed by atoms with van der Waals surface area (Å²) in [6.45, 7) is 3.84. The molecule has 0 radical (unpaired) electrons. The highest BCUT2D eigenvalue weighted by atomic mass is 32.2. The molecule has 0 aliphatic heterocycles.